The molecule has 24 heavy (non-hydrogen) atoms. The Morgan fingerprint density at radius 1 is 1.25 bits per heavy atom. The summed E-state index contributed by atoms with van der Waals surface area (Å²) in [5.41, 5.74) is 6.58. The first-order valence-electron chi connectivity index (χ1n) is 7.32. The molecule has 1 aromatic carbocycles. The van der Waals surface area contributed by atoms with Gasteiger partial charge in [-0.3, -0.25) is 4.68 Å². The minimum absolute atomic E-state index is 0.260. The fourth-order valence-electron chi connectivity index (χ4n) is 2.36. The molecule has 0 saturated heterocycles. The number of likely N-dealkylation sites (N-methyl/N-ethyl adjacent to an activating group) is 1. The van der Waals surface area contributed by atoms with Crippen LogP contribution in [0.25, 0.3) is 11.0 Å². The molecule has 0 atom stereocenters. The number of nitrogens with one attached hydrogen (secondary N) is 1. The van der Waals surface area contributed by atoms with Gasteiger partial charge in [0, 0.05) is 38.9 Å². The van der Waals surface area contributed by atoms with Crippen LogP contribution in [0.3, 0.4) is 0 Å². The average molecular weight is 333 g/mol. The fourth-order valence-corrected chi connectivity index (χ4v) is 2.36. The number of hydrogen-bond donors (Lipinski definition) is 2. The number of aromatic nitrogens is 4. The van der Waals surface area contributed by atoms with Crippen molar-refractivity contribution in [1.82, 2.24) is 19.7 Å². The first kappa shape index (κ1) is 16.1. The van der Waals surface area contributed by atoms with Gasteiger partial charge in [-0.05, 0) is 12.1 Å². The summed E-state index contributed by atoms with van der Waals surface area (Å²) < 4.78 is 28.0. The molecular formula is C15H17F2N7. The molecule has 2 heterocycles. The second-order valence-electron chi connectivity index (χ2n) is 5.34. The van der Waals surface area contributed by atoms with E-state index in [1.807, 2.05) is 11.9 Å². The van der Waals surface area contributed by atoms with E-state index in [0.717, 1.165) is 17.5 Å². The molecule has 0 bridgehead atoms. The zero-order chi connectivity index (χ0) is 17.3. The summed E-state index contributed by atoms with van der Waals surface area (Å²) >= 11 is 0. The van der Waals surface area contributed by atoms with Gasteiger partial charge in [0.15, 0.2) is 17.3 Å². The van der Waals surface area contributed by atoms with Gasteiger partial charge in [0.05, 0.1) is 11.6 Å². The molecule has 0 aliphatic rings. The molecule has 7 nitrogen and oxygen atoms in total. The molecule has 9 heteroatoms. The Balaban J connectivity index is 2.04. The van der Waals surface area contributed by atoms with Crippen molar-refractivity contribution >= 4 is 28.5 Å². The molecule has 3 rings (SSSR count). The van der Waals surface area contributed by atoms with Crippen molar-refractivity contribution in [2.24, 2.45) is 12.8 Å². The van der Waals surface area contributed by atoms with Crippen LogP contribution >= 0.6 is 0 Å². The third-order valence-corrected chi connectivity index (χ3v) is 3.57. The van der Waals surface area contributed by atoms with E-state index in [1.54, 1.807) is 17.9 Å². The van der Waals surface area contributed by atoms with Gasteiger partial charge in [0.1, 0.15) is 5.82 Å². The van der Waals surface area contributed by atoms with Gasteiger partial charge in [0.25, 0.3) is 0 Å². The monoisotopic (exact) mass is 333 g/mol. The molecule has 0 spiro atoms. The van der Waals surface area contributed by atoms with Crippen LogP contribution in [0.15, 0.2) is 24.4 Å². The minimum Gasteiger partial charge on any atom is -0.358 e. The summed E-state index contributed by atoms with van der Waals surface area (Å²) in [6.45, 7) is 1.07. The van der Waals surface area contributed by atoms with Crippen molar-refractivity contribution in [2.75, 3.05) is 30.4 Å². The van der Waals surface area contributed by atoms with Crippen LogP contribution in [0.5, 0.6) is 0 Å². The number of rotatable bonds is 5. The summed E-state index contributed by atoms with van der Waals surface area (Å²) in [7, 11) is 3.63. The van der Waals surface area contributed by atoms with E-state index in [9.17, 15) is 8.78 Å². The summed E-state index contributed by atoms with van der Waals surface area (Å²) in [5, 5.41) is 7.86. The fraction of sp³-hybridized carbons (Fsp3) is 0.267. The largest absolute Gasteiger partial charge is 0.358 e. The summed E-state index contributed by atoms with van der Waals surface area (Å²) in [6, 6.07) is 3.51. The van der Waals surface area contributed by atoms with E-state index < -0.39 is 11.6 Å². The van der Waals surface area contributed by atoms with Crippen molar-refractivity contribution in [2.45, 2.75) is 0 Å². The Labute approximate surface area is 137 Å². The molecule has 2 aromatic heterocycles. The van der Waals surface area contributed by atoms with Crippen LogP contribution in [0.4, 0.5) is 26.2 Å². The van der Waals surface area contributed by atoms with Crippen LogP contribution in [-0.2, 0) is 7.05 Å². The molecule has 0 radical (unpaired) electrons. The SMILES string of the molecule is CN(CCN)c1nc(Nc2ccc(F)c(F)c2)nc2c1cnn2C. The molecular weight excluding hydrogens is 316 g/mol. The Morgan fingerprint density at radius 3 is 2.75 bits per heavy atom. The van der Waals surface area contributed by atoms with Crippen LogP contribution in [0, 0.1) is 11.6 Å². The third kappa shape index (κ3) is 2.98. The maximum atomic E-state index is 13.4. The zero-order valence-corrected chi connectivity index (χ0v) is 13.3. The van der Waals surface area contributed by atoms with E-state index in [-0.39, 0.29) is 5.95 Å². The maximum Gasteiger partial charge on any atom is 0.231 e. The Morgan fingerprint density at radius 2 is 2.04 bits per heavy atom. The van der Waals surface area contributed by atoms with E-state index in [1.165, 1.54) is 6.07 Å². The number of anilines is 3. The van der Waals surface area contributed by atoms with Crippen molar-refractivity contribution in [3.63, 3.8) is 0 Å². The molecule has 126 valence electrons. The number of nitrogens with zero attached hydrogens (tertiary/aromatic N) is 5. The lowest BCUT2D eigenvalue weighted by Crippen LogP contribution is -2.26. The highest BCUT2D eigenvalue weighted by Crippen LogP contribution is 2.25. The first-order valence-corrected chi connectivity index (χ1v) is 7.32. The maximum absolute atomic E-state index is 13.4. The number of halogens is 2. The highest BCUT2D eigenvalue weighted by atomic mass is 19.2. The molecule has 0 fully saturated rings. The van der Waals surface area contributed by atoms with Crippen LogP contribution < -0.4 is 16.0 Å². The highest BCUT2D eigenvalue weighted by molar-refractivity contribution is 5.88. The number of benzene rings is 1. The Kier molecular flexibility index (Phi) is 4.26. The molecule has 0 aliphatic carbocycles. The Bertz CT molecular complexity index is 878. The van der Waals surface area contributed by atoms with E-state index in [4.69, 9.17) is 5.73 Å². The number of aryl methyl sites for hydroxylation is 1. The molecule has 0 amide bonds. The van der Waals surface area contributed by atoms with Gasteiger partial charge in [-0.25, -0.2) is 8.78 Å². The summed E-state index contributed by atoms with van der Waals surface area (Å²) in [6.07, 6.45) is 1.68. The predicted octanol–water partition coefficient (Wildman–Crippen LogP) is 1.78. The van der Waals surface area contributed by atoms with E-state index in [0.29, 0.717) is 30.2 Å². The van der Waals surface area contributed by atoms with Crippen LogP contribution in [-0.4, -0.2) is 39.9 Å². The van der Waals surface area contributed by atoms with Crippen molar-refractivity contribution in [1.29, 1.82) is 0 Å². The quantitative estimate of drug-likeness (QED) is 0.740. The smallest absolute Gasteiger partial charge is 0.231 e. The van der Waals surface area contributed by atoms with Gasteiger partial charge in [-0.2, -0.15) is 15.1 Å². The average Bonchev–Trinajstić information content (AvgIpc) is 2.92. The molecule has 0 saturated carbocycles. The first-order chi connectivity index (χ1) is 11.5. The van der Waals surface area contributed by atoms with Crippen LogP contribution in [0.1, 0.15) is 0 Å². The second kappa shape index (κ2) is 6.36. The predicted molar refractivity (Wildman–Crippen MR) is 88.3 cm³/mol. The molecule has 3 aromatic rings. The van der Waals surface area contributed by atoms with E-state index in [2.05, 4.69) is 20.4 Å². The van der Waals surface area contributed by atoms with E-state index >= 15 is 0 Å². The number of fused-ring (bicyclic) bond motifs is 1. The summed E-state index contributed by atoms with van der Waals surface area (Å²) in [4.78, 5) is 10.7. The minimum atomic E-state index is -0.943. The third-order valence-electron chi connectivity index (χ3n) is 3.57. The topological polar surface area (TPSA) is 84.9 Å². The van der Waals surface area contributed by atoms with Crippen molar-refractivity contribution < 1.29 is 8.78 Å². The number of hydrogen-bond acceptors (Lipinski definition) is 6. The van der Waals surface area contributed by atoms with Crippen LogP contribution in [0.2, 0.25) is 0 Å². The lowest BCUT2D eigenvalue weighted by atomic mass is 10.3. The lowest BCUT2D eigenvalue weighted by molar-refractivity contribution is 0.509. The normalized spacial score (nSPS) is 11.0. The van der Waals surface area contributed by atoms with Gasteiger partial charge < -0.3 is 16.0 Å². The van der Waals surface area contributed by atoms with Gasteiger partial charge >= 0.3 is 0 Å². The molecule has 0 aliphatic heterocycles. The van der Waals surface area contributed by atoms with Crippen molar-refractivity contribution in [3.8, 4) is 0 Å². The van der Waals surface area contributed by atoms with Gasteiger partial charge in [-0.15, -0.1) is 0 Å². The van der Waals surface area contributed by atoms with Crippen molar-refractivity contribution in [3.05, 3.63) is 36.0 Å². The molecule has 3 N–H and O–H groups in total. The highest BCUT2D eigenvalue weighted by Gasteiger charge is 2.15. The standard InChI is InChI=1S/C15H17F2N7/c1-23(6-5-18)13-10-8-19-24(2)14(10)22-15(21-13)20-9-3-4-11(16)12(17)7-9/h3-4,7-8H,5-6,18H2,1-2H3,(H,20,21,22). The number of nitrogens with two attached hydrogens (primary N) is 1. The van der Waals surface area contributed by atoms with Gasteiger partial charge in [0.2, 0.25) is 5.95 Å². The summed E-state index contributed by atoms with van der Waals surface area (Å²) in [5.74, 6) is -0.936. The Hall–Kier alpha value is -2.81. The molecule has 0 unspecified atom stereocenters. The zero-order valence-electron chi connectivity index (χ0n) is 13.3. The lowest BCUT2D eigenvalue weighted by Gasteiger charge is -2.18. The van der Waals surface area contributed by atoms with Gasteiger partial charge in [-0.1, -0.05) is 0 Å². The second-order valence-corrected chi connectivity index (χ2v) is 5.34.